The molecule has 0 aromatic carbocycles. The Morgan fingerprint density at radius 1 is 1.60 bits per heavy atom. The Morgan fingerprint density at radius 2 is 2.00 bits per heavy atom. The maximum atomic E-state index is 10.0. The Hall–Kier alpha value is 0.380. The van der Waals surface area contributed by atoms with E-state index >= 15 is 0 Å². The van der Waals surface area contributed by atoms with Gasteiger partial charge in [-0.15, -0.1) is 0 Å². The van der Waals surface area contributed by atoms with Gasteiger partial charge in [0.05, 0.1) is 0 Å². The molecule has 0 bridgehead atoms. The SMILES string of the molecule is CCC(=O)OS(=O)(=O)[O-].[Na+]. The molecule has 0 radical (unpaired) electrons. The third-order valence-electron chi connectivity index (χ3n) is 0.484. The van der Waals surface area contributed by atoms with Gasteiger partial charge in [0, 0.05) is 6.42 Å². The second kappa shape index (κ2) is 5.09. The molecule has 0 fully saturated rings. The molecule has 0 aromatic heterocycles. The van der Waals surface area contributed by atoms with E-state index in [4.69, 9.17) is 0 Å². The fraction of sp³-hybridized carbons (Fsp3) is 0.667. The normalized spacial score (nSPS) is 9.80. The minimum absolute atomic E-state index is 0. The van der Waals surface area contributed by atoms with Crippen molar-refractivity contribution in [3.63, 3.8) is 0 Å². The fourth-order valence-electron chi connectivity index (χ4n) is 0.173. The predicted octanol–water partition coefficient (Wildman–Crippen LogP) is -3.60. The predicted molar refractivity (Wildman–Crippen MR) is 26.1 cm³/mol. The Bertz CT molecular complexity index is 195. The summed E-state index contributed by atoms with van der Waals surface area (Å²) in [5.41, 5.74) is 0. The molecule has 5 nitrogen and oxygen atoms in total. The van der Waals surface area contributed by atoms with E-state index in [2.05, 4.69) is 4.18 Å². The van der Waals surface area contributed by atoms with Crippen LogP contribution < -0.4 is 29.6 Å². The smallest absolute Gasteiger partial charge is 0.716 e. The van der Waals surface area contributed by atoms with E-state index in [9.17, 15) is 17.8 Å². The molecule has 0 unspecified atom stereocenters. The van der Waals surface area contributed by atoms with Gasteiger partial charge in [-0.25, -0.2) is 8.42 Å². The zero-order chi connectivity index (χ0) is 7.49. The summed E-state index contributed by atoms with van der Waals surface area (Å²) in [5.74, 6) is -1.04. The minimum Gasteiger partial charge on any atom is -0.716 e. The second-order valence-corrected chi connectivity index (χ2v) is 2.20. The van der Waals surface area contributed by atoms with Crippen LogP contribution in [0.1, 0.15) is 13.3 Å². The molecule has 0 spiro atoms. The van der Waals surface area contributed by atoms with Crippen LogP contribution in [0.4, 0.5) is 0 Å². The van der Waals surface area contributed by atoms with Gasteiger partial charge < -0.3 is 8.74 Å². The third kappa shape index (κ3) is 8.38. The molecule has 0 aliphatic carbocycles. The number of rotatable bonds is 2. The zero-order valence-corrected chi connectivity index (χ0v) is 8.47. The van der Waals surface area contributed by atoms with Crippen LogP contribution in [-0.4, -0.2) is 18.9 Å². The van der Waals surface area contributed by atoms with Gasteiger partial charge in [0.2, 0.25) is 0 Å². The molecule has 0 aliphatic rings. The van der Waals surface area contributed by atoms with Gasteiger partial charge in [-0.2, -0.15) is 0 Å². The molecule has 0 rings (SSSR count). The molecular weight excluding hydrogens is 171 g/mol. The molecule has 7 heteroatoms. The van der Waals surface area contributed by atoms with E-state index in [1.54, 1.807) is 0 Å². The summed E-state index contributed by atoms with van der Waals surface area (Å²) >= 11 is 0. The molecule has 0 aliphatic heterocycles. The van der Waals surface area contributed by atoms with Crippen LogP contribution in [-0.2, 0) is 19.4 Å². The average molecular weight is 176 g/mol. The Kier molecular flexibility index (Phi) is 6.61. The third-order valence-corrected chi connectivity index (χ3v) is 0.874. The van der Waals surface area contributed by atoms with Crippen molar-refractivity contribution in [1.29, 1.82) is 0 Å². The summed E-state index contributed by atoms with van der Waals surface area (Å²) in [7, 11) is -4.83. The molecule has 0 amide bonds. The quantitative estimate of drug-likeness (QED) is 0.246. The van der Waals surface area contributed by atoms with Gasteiger partial charge in [0.25, 0.3) is 10.4 Å². The van der Waals surface area contributed by atoms with Crippen LogP contribution >= 0.6 is 0 Å². The molecular formula is C3H5NaO5S. The Balaban J connectivity index is 0. The van der Waals surface area contributed by atoms with E-state index in [-0.39, 0.29) is 36.0 Å². The van der Waals surface area contributed by atoms with Crippen molar-refractivity contribution < 1.29 is 51.5 Å². The van der Waals surface area contributed by atoms with Gasteiger partial charge in [0.1, 0.15) is 0 Å². The molecule has 0 saturated heterocycles. The summed E-state index contributed by atoms with van der Waals surface area (Å²) in [6.07, 6.45) is -0.124. The topological polar surface area (TPSA) is 83.5 Å². The maximum Gasteiger partial charge on any atom is 1.00 e. The van der Waals surface area contributed by atoms with Crippen LogP contribution in [0.3, 0.4) is 0 Å². The molecule has 0 saturated carbocycles. The monoisotopic (exact) mass is 176 g/mol. The maximum absolute atomic E-state index is 10.0. The number of hydrogen-bond acceptors (Lipinski definition) is 5. The van der Waals surface area contributed by atoms with E-state index in [1.165, 1.54) is 6.92 Å². The first kappa shape index (κ1) is 13.0. The number of hydrogen-bond donors (Lipinski definition) is 0. The minimum atomic E-state index is -4.83. The van der Waals surface area contributed by atoms with Crippen molar-refractivity contribution in [3.8, 4) is 0 Å². The van der Waals surface area contributed by atoms with Crippen LogP contribution in [0.25, 0.3) is 0 Å². The Labute approximate surface area is 81.0 Å². The van der Waals surface area contributed by atoms with E-state index in [0.717, 1.165) is 0 Å². The standard InChI is InChI=1S/C3H6O5S.Na/c1-2-3(4)8-9(5,6)7;/h2H2,1H3,(H,5,6,7);/q;+1/p-1. The fourth-order valence-corrected chi connectivity index (χ4v) is 0.518. The molecule has 10 heavy (non-hydrogen) atoms. The number of carbonyl (C=O) groups excluding carboxylic acids is 1. The van der Waals surface area contributed by atoms with E-state index in [1.807, 2.05) is 0 Å². The molecule has 0 heterocycles. The largest absolute Gasteiger partial charge is 1.00 e. The van der Waals surface area contributed by atoms with Gasteiger partial charge in [-0.3, -0.25) is 4.79 Å². The van der Waals surface area contributed by atoms with E-state index < -0.39 is 16.4 Å². The summed E-state index contributed by atoms with van der Waals surface area (Å²) in [5, 5.41) is 0. The van der Waals surface area contributed by atoms with Gasteiger partial charge >= 0.3 is 35.5 Å². The first-order chi connectivity index (χ1) is 3.95. The van der Waals surface area contributed by atoms with Crippen molar-refractivity contribution in [2.45, 2.75) is 13.3 Å². The zero-order valence-electron chi connectivity index (χ0n) is 5.66. The molecule has 0 N–H and O–H groups in total. The summed E-state index contributed by atoms with van der Waals surface area (Å²) < 4.78 is 32.2. The van der Waals surface area contributed by atoms with Crippen LogP contribution in [0.2, 0.25) is 0 Å². The van der Waals surface area contributed by atoms with Crippen molar-refractivity contribution in [1.82, 2.24) is 0 Å². The number of carbonyl (C=O) groups is 1. The summed E-state index contributed by atoms with van der Waals surface area (Å²) in [6.45, 7) is 1.38. The van der Waals surface area contributed by atoms with E-state index in [0.29, 0.717) is 0 Å². The van der Waals surface area contributed by atoms with Gasteiger partial charge in [-0.1, -0.05) is 6.92 Å². The molecule has 0 atom stereocenters. The molecule has 54 valence electrons. The summed E-state index contributed by atoms with van der Waals surface area (Å²) in [6, 6.07) is 0. The second-order valence-electron chi connectivity index (χ2n) is 1.22. The first-order valence-electron chi connectivity index (χ1n) is 2.14. The first-order valence-corrected chi connectivity index (χ1v) is 3.47. The van der Waals surface area contributed by atoms with Crippen LogP contribution in [0.15, 0.2) is 0 Å². The van der Waals surface area contributed by atoms with Crippen molar-refractivity contribution in [2.75, 3.05) is 0 Å². The van der Waals surface area contributed by atoms with Gasteiger partial charge in [-0.05, 0) is 0 Å². The van der Waals surface area contributed by atoms with Crippen LogP contribution in [0.5, 0.6) is 0 Å². The van der Waals surface area contributed by atoms with Crippen molar-refractivity contribution >= 4 is 16.4 Å². The molecule has 0 aromatic rings. The summed E-state index contributed by atoms with van der Waals surface area (Å²) in [4.78, 5) is 10.0. The van der Waals surface area contributed by atoms with Gasteiger partial charge in [0.15, 0.2) is 0 Å². The Morgan fingerprint density at radius 3 is 2.10 bits per heavy atom. The van der Waals surface area contributed by atoms with Crippen molar-refractivity contribution in [3.05, 3.63) is 0 Å². The van der Waals surface area contributed by atoms with Crippen LogP contribution in [0, 0.1) is 0 Å². The average Bonchev–Trinajstić information content (AvgIpc) is 1.62. The van der Waals surface area contributed by atoms with Crippen molar-refractivity contribution in [2.24, 2.45) is 0 Å².